The third kappa shape index (κ3) is 11.6. The number of anilines is 1. The summed E-state index contributed by atoms with van der Waals surface area (Å²) in [4.78, 5) is 12.8. The van der Waals surface area contributed by atoms with Gasteiger partial charge in [-0.15, -0.1) is 0 Å². The quantitative estimate of drug-likeness (QED) is 0.118. The Balaban J connectivity index is 1.31. The van der Waals surface area contributed by atoms with Crippen molar-refractivity contribution < 1.29 is 14.1 Å². The SMILES string of the molecule is CCCCCCCCCCCCCCOc1ccc(CC(=O)Nc2ccccc2C[n+]2ccsc2)cc1Cl. The number of hydrogen-bond acceptors (Lipinski definition) is 3. The number of nitrogens with one attached hydrogen (secondary N) is 1. The van der Waals surface area contributed by atoms with E-state index in [9.17, 15) is 4.79 Å². The van der Waals surface area contributed by atoms with Gasteiger partial charge in [0.1, 0.15) is 5.75 Å². The van der Waals surface area contributed by atoms with Crippen LogP contribution in [-0.4, -0.2) is 12.5 Å². The number of carbonyl (C=O) groups is 1. The first-order valence-electron chi connectivity index (χ1n) is 14.4. The molecule has 4 nitrogen and oxygen atoms in total. The molecule has 3 aromatic rings. The van der Waals surface area contributed by atoms with Crippen molar-refractivity contribution in [2.24, 2.45) is 0 Å². The lowest BCUT2D eigenvalue weighted by atomic mass is 10.1. The molecular weight excluding hydrogens is 512 g/mol. The first-order chi connectivity index (χ1) is 18.7. The van der Waals surface area contributed by atoms with E-state index in [2.05, 4.69) is 22.3 Å². The molecule has 3 rings (SSSR count). The number of benzene rings is 2. The average molecular weight is 556 g/mol. The van der Waals surface area contributed by atoms with E-state index in [0.717, 1.165) is 29.8 Å². The first kappa shape index (κ1) is 30.2. The average Bonchev–Trinajstić information content (AvgIpc) is 3.42. The van der Waals surface area contributed by atoms with Crippen LogP contribution in [0.4, 0.5) is 5.69 Å². The number of ether oxygens (including phenoxy) is 1. The Bertz CT molecular complexity index is 1070. The number of nitrogens with zero attached hydrogens (tertiary/aromatic N) is 1. The maximum absolute atomic E-state index is 12.8. The predicted molar refractivity (Wildman–Crippen MR) is 160 cm³/mol. The summed E-state index contributed by atoms with van der Waals surface area (Å²) in [5.74, 6) is 0.631. The number of para-hydroxylation sites is 1. The molecule has 1 aromatic heterocycles. The molecule has 0 aliphatic rings. The van der Waals surface area contributed by atoms with Gasteiger partial charge in [0.2, 0.25) is 11.4 Å². The molecule has 1 N–H and O–H groups in total. The van der Waals surface area contributed by atoms with Crippen LogP contribution < -0.4 is 14.6 Å². The summed E-state index contributed by atoms with van der Waals surface area (Å²) in [6.45, 7) is 3.67. The zero-order chi connectivity index (χ0) is 26.8. The third-order valence-electron chi connectivity index (χ3n) is 6.79. The highest BCUT2D eigenvalue weighted by atomic mass is 35.5. The molecule has 0 atom stereocenters. The second-order valence-corrected chi connectivity index (χ2v) is 11.2. The lowest BCUT2D eigenvalue weighted by Gasteiger charge is -2.11. The van der Waals surface area contributed by atoms with Crippen molar-refractivity contribution in [1.29, 1.82) is 0 Å². The Kier molecular flexibility index (Phi) is 14.3. The molecule has 0 aliphatic carbocycles. The fourth-order valence-electron chi connectivity index (χ4n) is 4.60. The molecule has 0 unspecified atom stereocenters. The highest BCUT2D eigenvalue weighted by Crippen LogP contribution is 2.26. The molecule has 0 bridgehead atoms. The molecule has 0 spiro atoms. The molecule has 0 saturated carbocycles. The zero-order valence-corrected chi connectivity index (χ0v) is 24.5. The van der Waals surface area contributed by atoms with Gasteiger partial charge in [0.25, 0.3) is 0 Å². The van der Waals surface area contributed by atoms with E-state index in [4.69, 9.17) is 16.3 Å². The van der Waals surface area contributed by atoms with Crippen LogP contribution in [-0.2, 0) is 17.8 Å². The van der Waals surface area contributed by atoms with Crippen LogP contribution >= 0.6 is 22.9 Å². The molecular formula is C32H44ClN2O2S+. The molecule has 1 amide bonds. The Hall–Kier alpha value is -2.37. The number of hydrogen-bond donors (Lipinski definition) is 1. The monoisotopic (exact) mass is 555 g/mol. The number of unbranched alkanes of at least 4 members (excludes halogenated alkanes) is 11. The first-order valence-corrected chi connectivity index (χ1v) is 15.7. The Morgan fingerprint density at radius 1 is 0.921 bits per heavy atom. The predicted octanol–water partition coefficient (Wildman–Crippen LogP) is 9.00. The van der Waals surface area contributed by atoms with E-state index in [1.165, 1.54) is 70.6 Å². The summed E-state index contributed by atoms with van der Waals surface area (Å²) in [5.41, 5.74) is 4.84. The molecule has 0 fully saturated rings. The molecule has 38 heavy (non-hydrogen) atoms. The van der Waals surface area contributed by atoms with Crippen molar-refractivity contribution >= 4 is 34.5 Å². The Morgan fingerprint density at radius 3 is 2.26 bits per heavy atom. The summed E-state index contributed by atoms with van der Waals surface area (Å²) in [7, 11) is 0. The lowest BCUT2D eigenvalue weighted by Crippen LogP contribution is -2.31. The van der Waals surface area contributed by atoms with E-state index in [1.54, 1.807) is 11.3 Å². The van der Waals surface area contributed by atoms with E-state index >= 15 is 0 Å². The summed E-state index contributed by atoms with van der Waals surface area (Å²) in [5, 5.41) is 5.66. The van der Waals surface area contributed by atoms with Crippen LogP contribution in [0.3, 0.4) is 0 Å². The van der Waals surface area contributed by atoms with Crippen LogP contribution in [0.1, 0.15) is 95.1 Å². The molecule has 0 saturated heterocycles. The topological polar surface area (TPSA) is 42.2 Å². The number of halogens is 1. The van der Waals surface area contributed by atoms with Crippen molar-refractivity contribution in [2.45, 2.75) is 96.9 Å². The minimum absolute atomic E-state index is 0.0611. The van der Waals surface area contributed by atoms with Gasteiger partial charge in [-0.25, -0.2) is 0 Å². The molecule has 206 valence electrons. The van der Waals surface area contributed by atoms with Crippen LogP contribution in [0.5, 0.6) is 5.75 Å². The molecule has 6 heteroatoms. The number of carbonyl (C=O) groups excluding carboxylic acids is 1. The lowest BCUT2D eigenvalue weighted by molar-refractivity contribution is -0.683. The van der Waals surface area contributed by atoms with Crippen LogP contribution in [0.2, 0.25) is 5.02 Å². The fraction of sp³-hybridized carbons (Fsp3) is 0.500. The van der Waals surface area contributed by atoms with Crippen molar-refractivity contribution in [3.63, 3.8) is 0 Å². The molecule has 1 heterocycles. The van der Waals surface area contributed by atoms with Gasteiger partial charge in [-0.2, -0.15) is 4.57 Å². The van der Waals surface area contributed by atoms with Gasteiger partial charge in [-0.1, -0.05) is 125 Å². The standard InChI is InChI=1S/C32H43ClN2O2S/c1-2-3-4-5-6-7-8-9-10-11-12-15-21-37-31-19-18-27(23-29(31)33)24-32(36)34-30-17-14-13-16-28(30)25-35-20-22-38-26-35/h13-14,16-20,22-23,26H,2-12,15,21,24-25H2,1H3/p+1. The van der Waals surface area contributed by atoms with Gasteiger partial charge in [-0.05, 0) is 30.2 Å². The fourth-order valence-corrected chi connectivity index (χ4v) is 5.46. The maximum atomic E-state index is 12.8. The minimum atomic E-state index is -0.0611. The van der Waals surface area contributed by atoms with Crippen molar-refractivity contribution in [2.75, 3.05) is 11.9 Å². The van der Waals surface area contributed by atoms with Crippen LogP contribution in [0.25, 0.3) is 0 Å². The van der Waals surface area contributed by atoms with E-state index in [-0.39, 0.29) is 12.3 Å². The molecule has 0 radical (unpaired) electrons. The largest absolute Gasteiger partial charge is 0.492 e. The minimum Gasteiger partial charge on any atom is -0.492 e. The Morgan fingerprint density at radius 2 is 1.61 bits per heavy atom. The summed E-state index contributed by atoms with van der Waals surface area (Å²) in [6, 6.07) is 13.6. The van der Waals surface area contributed by atoms with E-state index < -0.39 is 0 Å². The summed E-state index contributed by atoms with van der Waals surface area (Å²) >= 11 is 8.12. The highest BCUT2D eigenvalue weighted by molar-refractivity contribution is 7.07. The third-order valence-corrected chi connectivity index (χ3v) is 7.75. The summed E-state index contributed by atoms with van der Waals surface area (Å²) in [6.07, 6.45) is 18.2. The van der Waals surface area contributed by atoms with Crippen molar-refractivity contribution in [3.05, 3.63) is 75.7 Å². The normalized spacial score (nSPS) is 11.0. The number of rotatable bonds is 19. The summed E-state index contributed by atoms with van der Waals surface area (Å²) < 4.78 is 8.02. The number of amides is 1. The second-order valence-electron chi connectivity index (χ2n) is 10.1. The van der Waals surface area contributed by atoms with Gasteiger partial charge >= 0.3 is 0 Å². The van der Waals surface area contributed by atoms with Crippen molar-refractivity contribution in [3.8, 4) is 5.75 Å². The van der Waals surface area contributed by atoms with Gasteiger partial charge in [0.05, 0.1) is 29.1 Å². The Labute approximate surface area is 238 Å². The highest BCUT2D eigenvalue weighted by Gasteiger charge is 2.12. The van der Waals surface area contributed by atoms with E-state index in [1.807, 2.05) is 54.0 Å². The van der Waals surface area contributed by atoms with Crippen LogP contribution in [0, 0.1) is 0 Å². The van der Waals surface area contributed by atoms with Crippen LogP contribution in [0.15, 0.2) is 59.6 Å². The van der Waals surface area contributed by atoms with Crippen molar-refractivity contribution in [1.82, 2.24) is 0 Å². The van der Waals surface area contributed by atoms with Gasteiger partial charge in [0, 0.05) is 5.56 Å². The number of aromatic nitrogens is 1. The smallest absolute Gasteiger partial charge is 0.228 e. The maximum Gasteiger partial charge on any atom is 0.228 e. The van der Waals surface area contributed by atoms with Gasteiger partial charge in [-0.3, -0.25) is 4.79 Å². The zero-order valence-electron chi connectivity index (χ0n) is 22.9. The van der Waals surface area contributed by atoms with E-state index in [0.29, 0.717) is 17.4 Å². The molecule has 2 aromatic carbocycles. The number of thiazole rings is 1. The van der Waals surface area contributed by atoms with Gasteiger partial charge in [0.15, 0.2) is 12.7 Å². The molecule has 0 aliphatic heterocycles. The van der Waals surface area contributed by atoms with Gasteiger partial charge < -0.3 is 10.1 Å². The second kappa shape index (κ2) is 18.0.